The van der Waals surface area contributed by atoms with E-state index in [0.717, 1.165) is 17.6 Å². The van der Waals surface area contributed by atoms with Crippen LogP contribution in [0, 0.1) is 11.8 Å². The molecule has 6 rings (SSSR count). The minimum absolute atomic E-state index is 0.0207. The van der Waals surface area contributed by atoms with Gasteiger partial charge < -0.3 is 94.1 Å². The first-order valence-electron chi connectivity index (χ1n) is 36.6. The van der Waals surface area contributed by atoms with Crippen LogP contribution < -0.4 is 64.9 Å². The third-order valence-electron chi connectivity index (χ3n) is 17.9. The van der Waals surface area contributed by atoms with Crippen LogP contribution in [0.3, 0.4) is 0 Å². The molecule has 608 valence electrons. The standard InChI is InChI=1S/C77H100N16O20/c1-7-12-60-46(6)59(94)38-61(113-60)54(16-10-13-42(2)33-44(4)34-43(3)18-29-53-14-11-17-67(103)112-53)86-63(96)31-24-49(78)41-93(80)52-27-22-47(23-28-52)70(104)81-32-9-8-15-55(76(110)111)88-73(107)57(36-65(99)100)90-74(108)58(37-66(101)102)89-72(106)56(35-64(97)98)87-62(95)30-19-45(5)84-71(105)48-20-25-50(26-21-48)82-39-51-40-83-69-68(85-51)75(109)92-77(79)91-69/h7,10-13,16-18,20-23,25-29,34,40-41,44-46,53-61,82,94H,8-9,14-15,19,24,30-33,35-39,78,80H2,1-6H3,(H,81,104)(H,84,105)(H,86,96)(H,87,95)(H,88,107)(H,89,106)(H,90,108)(H,97,98)(H,99,100)(H,101,102)(H,110,111)(H3,79,83,91,92,109)/b12-7+,16-10+,29-18+,42-13+,43-34-,49-41-/t44-,45-,46+,53-,54-,55+,56-,57+,58+,59-,60+,61+/m1/s1. The number of ether oxygens (including phenoxy) is 2. The zero-order chi connectivity index (χ0) is 83.0. The number of carboxylic acids is 4. The number of allylic oxidation sites excluding steroid dienone is 8. The molecule has 0 unspecified atom stereocenters. The van der Waals surface area contributed by atoms with Gasteiger partial charge in [0.2, 0.25) is 41.4 Å². The lowest BCUT2D eigenvalue weighted by Gasteiger charge is -2.39. The van der Waals surface area contributed by atoms with E-state index >= 15 is 0 Å². The van der Waals surface area contributed by atoms with Crippen LogP contribution in [0.15, 0.2) is 139 Å². The van der Waals surface area contributed by atoms with Crippen molar-refractivity contribution in [3.8, 4) is 5.88 Å². The number of aliphatic hydroxyl groups is 1. The summed E-state index contributed by atoms with van der Waals surface area (Å²) in [5.74, 6) is -7.62. The van der Waals surface area contributed by atoms with E-state index in [4.69, 9.17) is 26.8 Å². The molecule has 1 fully saturated rings. The predicted octanol–water partition coefficient (Wildman–Crippen LogP) is 3.65. The van der Waals surface area contributed by atoms with Gasteiger partial charge in [0.15, 0.2) is 11.2 Å². The number of hydrazine groups is 1. The molecule has 2 aliphatic rings. The van der Waals surface area contributed by atoms with Gasteiger partial charge >= 0.3 is 29.8 Å². The summed E-state index contributed by atoms with van der Waals surface area (Å²) in [5.41, 5.74) is 16.3. The Bertz CT molecular complexity index is 4280. The molecular weight excluding hydrogens is 1470 g/mol. The molecule has 0 radical (unpaired) electrons. The Morgan fingerprint density at radius 2 is 1.34 bits per heavy atom. The first-order valence-corrected chi connectivity index (χ1v) is 36.6. The van der Waals surface area contributed by atoms with E-state index in [-0.39, 0.29) is 134 Å². The third-order valence-corrected chi connectivity index (χ3v) is 17.9. The molecule has 4 heterocycles. The van der Waals surface area contributed by atoms with Crippen molar-refractivity contribution >= 4 is 99.7 Å². The number of nitrogens with two attached hydrogens (primary N) is 3. The number of carbonyl (C=O) groups excluding carboxylic acids is 8. The number of amides is 7. The summed E-state index contributed by atoms with van der Waals surface area (Å²) >= 11 is 0. The first-order chi connectivity index (χ1) is 53.6. The van der Waals surface area contributed by atoms with Crippen LogP contribution in [-0.4, -0.2) is 189 Å². The van der Waals surface area contributed by atoms with Crippen molar-refractivity contribution in [1.29, 1.82) is 0 Å². The van der Waals surface area contributed by atoms with Crippen LogP contribution >= 0.6 is 0 Å². The molecule has 2 aromatic carbocycles. The van der Waals surface area contributed by atoms with Crippen molar-refractivity contribution in [2.75, 3.05) is 22.6 Å². The van der Waals surface area contributed by atoms with Gasteiger partial charge in [-0.1, -0.05) is 73.6 Å². The number of hydrogen-bond acceptors (Lipinski definition) is 25. The molecule has 0 bridgehead atoms. The second-order valence-electron chi connectivity index (χ2n) is 27.5. The number of anilines is 3. The lowest BCUT2D eigenvalue weighted by atomic mass is 9.87. The molecule has 36 heteroatoms. The highest BCUT2D eigenvalue weighted by Crippen LogP contribution is 2.29. The maximum absolute atomic E-state index is 13.6. The van der Waals surface area contributed by atoms with Crippen LogP contribution in [0.5, 0.6) is 5.88 Å². The third kappa shape index (κ3) is 30.7. The number of cyclic esters (lactones) is 1. The monoisotopic (exact) mass is 1570 g/mol. The summed E-state index contributed by atoms with van der Waals surface area (Å²) in [4.78, 5) is 169. The second-order valence-corrected chi connectivity index (χ2v) is 27.5. The highest BCUT2D eigenvalue weighted by molar-refractivity contribution is 5.99. The van der Waals surface area contributed by atoms with Crippen LogP contribution in [0.1, 0.15) is 151 Å². The van der Waals surface area contributed by atoms with Gasteiger partial charge in [-0.25, -0.2) is 25.4 Å². The molecule has 0 aliphatic carbocycles. The fourth-order valence-electron chi connectivity index (χ4n) is 11.9. The van der Waals surface area contributed by atoms with Gasteiger partial charge in [-0.2, -0.15) is 9.97 Å². The predicted molar refractivity (Wildman–Crippen MR) is 412 cm³/mol. The number of fused-ring (bicyclic) bond motifs is 1. The number of nitrogen functional groups attached to an aromatic ring is 1. The quantitative estimate of drug-likeness (QED) is 0.00751. The van der Waals surface area contributed by atoms with Gasteiger partial charge in [0.25, 0.3) is 11.8 Å². The molecule has 4 aromatic rings. The minimum Gasteiger partial charge on any atom is -0.492 e. The van der Waals surface area contributed by atoms with Crippen LogP contribution in [0.4, 0.5) is 17.3 Å². The summed E-state index contributed by atoms with van der Waals surface area (Å²) in [7, 11) is 0. The van der Waals surface area contributed by atoms with Crippen LogP contribution in [-0.2, 0) is 64.0 Å². The number of unbranched alkanes of at least 4 members (excludes halogenated alkanes) is 1. The van der Waals surface area contributed by atoms with Crippen molar-refractivity contribution in [2.45, 2.75) is 192 Å². The number of nitrogens with one attached hydrogen (secondary N) is 8. The zero-order valence-electron chi connectivity index (χ0n) is 63.4. The van der Waals surface area contributed by atoms with E-state index in [0.29, 0.717) is 23.5 Å². The molecule has 113 heavy (non-hydrogen) atoms. The van der Waals surface area contributed by atoms with Gasteiger partial charge in [-0.05, 0) is 127 Å². The van der Waals surface area contributed by atoms with Crippen molar-refractivity contribution in [1.82, 2.24) is 57.2 Å². The van der Waals surface area contributed by atoms with E-state index in [1.807, 2.05) is 80.9 Å². The number of rotatable bonds is 43. The smallest absolute Gasteiger partial charge is 0.331 e. The van der Waals surface area contributed by atoms with Crippen molar-refractivity contribution < 1.29 is 97.6 Å². The van der Waals surface area contributed by atoms with Crippen LogP contribution in [0.25, 0.3) is 11.2 Å². The Balaban J connectivity index is 0.937. The lowest BCUT2D eigenvalue weighted by Crippen LogP contribution is -2.58. The first kappa shape index (κ1) is 89.5. The van der Waals surface area contributed by atoms with Gasteiger partial charge in [-0.3, -0.25) is 53.0 Å². The number of hydrogen-bond donors (Lipinski definition) is 17. The summed E-state index contributed by atoms with van der Waals surface area (Å²) in [5, 5.41) is 81.4. The molecule has 7 amide bonds. The van der Waals surface area contributed by atoms with Crippen molar-refractivity contribution in [3.63, 3.8) is 0 Å². The fraction of sp³-hybridized carbons (Fsp3) is 0.429. The van der Waals surface area contributed by atoms with Gasteiger partial charge in [0.05, 0.1) is 67.7 Å². The van der Waals surface area contributed by atoms with E-state index in [2.05, 4.69) is 64.8 Å². The number of carboxylic acid groups (broad SMARTS) is 4. The topological polar surface area (TPSA) is 574 Å². The molecular formula is C77H100N16O20. The summed E-state index contributed by atoms with van der Waals surface area (Å²) in [6.07, 6.45) is 17.3. The van der Waals surface area contributed by atoms with Gasteiger partial charge in [0, 0.05) is 79.0 Å². The Kier molecular flexibility index (Phi) is 35.2. The van der Waals surface area contributed by atoms with Crippen molar-refractivity contribution in [2.24, 2.45) is 23.4 Å². The highest BCUT2D eigenvalue weighted by Gasteiger charge is 2.38. The van der Waals surface area contributed by atoms with Gasteiger partial charge in [0.1, 0.15) is 30.3 Å². The van der Waals surface area contributed by atoms with E-state index in [1.165, 1.54) is 47.7 Å². The van der Waals surface area contributed by atoms with E-state index < -0.39 is 133 Å². The minimum atomic E-state index is -2.12. The number of aliphatic carboxylic acids is 4. The molecule has 2 aliphatic heterocycles. The number of aromatic hydroxyl groups is 1. The van der Waals surface area contributed by atoms with E-state index in [9.17, 15) is 88.2 Å². The Morgan fingerprint density at radius 1 is 0.726 bits per heavy atom. The van der Waals surface area contributed by atoms with E-state index in [1.54, 1.807) is 37.3 Å². The number of aliphatic hydroxyl groups excluding tert-OH is 1. The summed E-state index contributed by atoms with van der Waals surface area (Å²) in [6.45, 7) is 11.6. The average molecular weight is 1570 g/mol. The molecule has 36 nitrogen and oxygen atoms in total. The maximum atomic E-state index is 13.6. The Morgan fingerprint density at radius 3 is 1.96 bits per heavy atom. The highest BCUT2D eigenvalue weighted by atomic mass is 16.5. The van der Waals surface area contributed by atoms with Gasteiger partial charge in [-0.15, -0.1) is 0 Å². The molecule has 0 saturated carbocycles. The SMILES string of the molecule is C/C=C/[C@@H]1O[C@H]([C@@H](/C=C/C=C(\C)C[C@@H](C)/C=C(C)\C=C\[C@H]2CC=CC(=O)O2)NC(=O)CC/C(N)=C/N(N)c2ccc(C(=O)NCCCC[C@H](NC(=O)[C@H](CC(=O)O)NC(=O)[C@H](CC(=O)O)NC(=O)[C@@H](CC(=O)O)NC(=O)CC[C@@H](C)NC(=O)c3ccc(NCc4cnc5nc(N)nc(O)c5n4)cc3)C(=O)O)cc2)C[C@@H](O)[C@@H]1C. The number of aromatic nitrogens is 4. The number of carbonyl (C=O) groups is 12. The largest absolute Gasteiger partial charge is 0.492 e. The Labute approximate surface area is 651 Å². The normalized spacial score (nSPS) is 18.5. The number of esters is 1. The second kappa shape index (κ2) is 44.4. The zero-order valence-corrected chi connectivity index (χ0v) is 63.4. The van der Waals surface area contributed by atoms with Crippen LogP contribution in [0.2, 0.25) is 0 Å². The average Bonchev–Trinajstić information content (AvgIpc) is 0.817. The molecule has 1 saturated heterocycles. The number of nitrogens with zero attached hydrogens (tertiary/aromatic N) is 5. The van der Waals surface area contributed by atoms with Crippen molar-refractivity contribution in [3.05, 3.63) is 155 Å². The Hall–Kier alpha value is -12.4. The summed E-state index contributed by atoms with van der Waals surface area (Å²) in [6, 6.07) is 3.24. The molecule has 2 aromatic heterocycles. The summed E-state index contributed by atoms with van der Waals surface area (Å²) < 4.78 is 11.8. The maximum Gasteiger partial charge on any atom is 0.331 e. The lowest BCUT2D eigenvalue weighted by molar-refractivity contribution is -0.145. The molecule has 12 atom stereocenters. The molecule has 0 spiro atoms. The fourth-order valence-corrected chi connectivity index (χ4v) is 11.9. The number of benzene rings is 2. The molecule has 20 N–H and O–H groups in total.